The molecule has 19 heavy (non-hydrogen) atoms. The molecule has 112 valence electrons. The Bertz CT molecular complexity index is 225. The molecule has 0 saturated heterocycles. The highest BCUT2D eigenvalue weighted by Crippen LogP contribution is 2.32. The van der Waals surface area contributed by atoms with E-state index < -0.39 is 0 Å². The Labute approximate surface area is 118 Å². The van der Waals surface area contributed by atoms with Gasteiger partial charge in [0.1, 0.15) is 0 Å². The third-order valence-corrected chi connectivity index (χ3v) is 4.72. The van der Waals surface area contributed by atoms with E-state index in [9.17, 15) is 5.11 Å². The minimum Gasteiger partial charge on any atom is -0.390 e. The van der Waals surface area contributed by atoms with Crippen molar-refractivity contribution >= 4 is 0 Å². The first-order valence-electron chi connectivity index (χ1n) is 8.66. The fraction of sp³-hybridized carbons (Fsp3) is 1.00. The van der Waals surface area contributed by atoms with Crippen molar-refractivity contribution in [1.29, 1.82) is 0 Å². The lowest BCUT2D eigenvalue weighted by Gasteiger charge is -2.24. The molecule has 0 aromatic heterocycles. The van der Waals surface area contributed by atoms with E-state index in [1.807, 2.05) is 0 Å². The molecule has 2 unspecified atom stereocenters. The van der Waals surface area contributed by atoms with Crippen LogP contribution in [0, 0.1) is 5.92 Å². The van der Waals surface area contributed by atoms with E-state index >= 15 is 0 Å². The molecule has 0 radical (unpaired) electrons. The minimum atomic E-state index is -0.223. The van der Waals surface area contributed by atoms with Crippen LogP contribution in [0.25, 0.3) is 0 Å². The van der Waals surface area contributed by atoms with Crippen molar-refractivity contribution in [3.05, 3.63) is 0 Å². The lowest BCUT2D eigenvalue weighted by molar-refractivity contribution is -0.0481. The van der Waals surface area contributed by atoms with Crippen molar-refractivity contribution in [2.75, 3.05) is 6.61 Å². The van der Waals surface area contributed by atoms with E-state index in [1.165, 1.54) is 70.6 Å². The Morgan fingerprint density at radius 1 is 0.737 bits per heavy atom. The van der Waals surface area contributed by atoms with Crippen molar-refractivity contribution in [2.24, 2.45) is 5.92 Å². The monoisotopic (exact) mass is 268 g/mol. The van der Waals surface area contributed by atoms with Gasteiger partial charge in [-0.2, -0.15) is 0 Å². The SMILES string of the molecule is OC1CCCCCCCCCCC1OCCC1CC1. The number of hydrogen-bond acceptors (Lipinski definition) is 2. The molecule has 0 aromatic carbocycles. The van der Waals surface area contributed by atoms with Crippen LogP contribution in [0.5, 0.6) is 0 Å². The Morgan fingerprint density at radius 2 is 1.32 bits per heavy atom. The van der Waals surface area contributed by atoms with Crippen LogP contribution in [0.4, 0.5) is 0 Å². The molecule has 0 heterocycles. The molecule has 2 fully saturated rings. The topological polar surface area (TPSA) is 29.5 Å². The molecule has 0 bridgehead atoms. The van der Waals surface area contributed by atoms with Crippen LogP contribution >= 0.6 is 0 Å². The first-order valence-corrected chi connectivity index (χ1v) is 8.66. The summed E-state index contributed by atoms with van der Waals surface area (Å²) in [5.74, 6) is 0.934. The molecule has 0 amide bonds. The first kappa shape index (κ1) is 15.3. The van der Waals surface area contributed by atoms with E-state index in [0.717, 1.165) is 25.4 Å². The van der Waals surface area contributed by atoms with Gasteiger partial charge in [0.2, 0.25) is 0 Å². The van der Waals surface area contributed by atoms with E-state index in [-0.39, 0.29) is 12.2 Å². The van der Waals surface area contributed by atoms with Crippen LogP contribution in [-0.4, -0.2) is 23.9 Å². The molecule has 0 spiro atoms. The van der Waals surface area contributed by atoms with Crippen LogP contribution in [0.3, 0.4) is 0 Å². The quantitative estimate of drug-likeness (QED) is 0.816. The molecule has 2 aliphatic rings. The van der Waals surface area contributed by atoms with Crippen molar-refractivity contribution in [2.45, 2.75) is 95.7 Å². The zero-order valence-electron chi connectivity index (χ0n) is 12.5. The lowest BCUT2D eigenvalue weighted by Crippen LogP contribution is -2.29. The largest absolute Gasteiger partial charge is 0.390 e. The maximum Gasteiger partial charge on any atom is 0.0833 e. The summed E-state index contributed by atoms with van der Waals surface area (Å²) >= 11 is 0. The smallest absolute Gasteiger partial charge is 0.0833 e. The molecular weight excluding hydrogens is 236 g/mol. The van der Waals surface area contributed by atoms with Gasteiger partial charge < -0.3 is 9.84 Å². The second-order valence-electron chi connectivity index (χ2n) is 6.61. The summed E-state index contributed by atoms with van der Waals surface area (Å²) in [6, 6.07) is 0. The van der Waals surface area contributed by atoms with Gasteiger partial charge in [-0.25, -0.2) is 0 Å². The summed E-state index contributed by atoms with van der Waals surface area (Å²) < 4.78 is 6.00. The van der Waals surface area contributed by atoms with E-state index in [1.54, 1.807) is 0 Å². The Hall–Kier alpha value is -0.0800. The normalized spacial score (nSPS) is 31.4. The highest BCUT2D eigenvalue weighted by molar-refractivity contribution is 4.74. The van der Waals surface area contributed by atoms with Crippen molar-refractivity contribution < 1.29 is 9.84 Å². The highest BCUT2D eigenvalue weighted by atomic mass is 16.5. The van der Waals surface area contributed by atoms with Gasteiger partial charge in [0.05, 0.1) is 12.2 Å². The van der Waals surface area contributed by atoms with Gasteiger partial charge >= 0.3 is 0 Å². The van der Waals surface area contributed by atoms with Gasteiger partial charge in [-0.1, -0.05) is 64.2 Å². The Balaban J connectivity index is 1.69. The van der Waals surface area contributed by atoms with E-state index in [2.05, 4.69) is 0 Å². The average Bonchev–Trinajstić information content (AvgIpc) is 3.21. The summed E-state index contributed by atoms with van der Waals surface area (Å²) in [4.78, 5) is 0. The standard InChI is InChI=1S/C17H32O2/c18-16-9-7-5-3-1-2-4-6-8-10-17(16)19-14-13-15-11-12-15/h15-18H,1-14H2. The molecule has 2 nitrogen and oxygen atoms in total. The van der Waals surface area contributed by atoms with Crippen LogP contribution in [0.1, 0.15) is 83.5 Å². The van der Waals surface area contributed by atoms with E-state index in [0.29, 0.717) is 0 Å². The zero-order chi connectivity index (χ0) is 13.3. The van der Waals surface area contributed by atoms with Crippen LogP contribution < -0.4 is 0 Å². The minimum absolute atomic E-state index is 0.109. The molecule has 0 aliphatic heterocycles. The molecule has 2 rings (SSSR count). The molecule has 0 aromatic rings. The number of hydrogen-bond donors (Lipinski definition) is 1. The first-order chi connectivity index (χ1) is 9.36. The third-order valence-electron chi connectivity index (χ3n) is 4.72. The summed E-state index contributed by atoms with van der Waals surface area (Å²) in [6.07, 6.45) is 16.4. The zero-order valence-corrected chi connectivity index (χ0v) is 12.5. The predicted octanol–water partition coefficient (Wildman–Crippen LogP) is 4.45. The van der Waals surface area contributed by atoms with Crippen molar-refractivity contribution in [1.82, 2.24) is 0 Å². The highest BCUT2D eigenvalue weighted by Gasteiger charge is 2.23. The molecule has 2 heteroatoms. The van der Waals surface area contributed by atoms with Crippen LogP contribution in [-0.2, 0) is 4.74 Å². The van der Waals surface area contributed by atoms with Gasteiger partial charge in [0.25, 0.3) is 0 Å². The number of ether oxygens (including phenoxy) is 1. The van der Waals surface area contributed by atoms with Crippen molar-refractivity contribution in [3.8, 4) is 0 Å². The predicted molar refractivity (Wildman–Crippen MR) is 79.3 cm³/mol. The maximum absolute atomic E-state index is 10.3. The Kier molecular flexibility index (Phi) is 7.23. The molecule has 2 atom stereocenters. The van der Waals surface area contributed by atoms with Gasteiger partial charge in [-0.15, -0.1) is 0 Å². The molecular formula is C17H32O2. The summed E-state index contributed by atoms with van der Waals surface area (Å²) in [6.45, 7) is 0.867. The summed E-state index contributed by atoms with van der Waals surface area (Å²) in [5.41, 5.74) is 0. The third kappa shape index (κ3) is 6.76. The lowest BCUT2D eigenvalue weighted by atomic mass is 9.97. The second kappa shape index (κ2) is 8.97. The van der Waals surface area contributed by atoms with Gasteiger partial charge in [0.15, 0.2) is 0 Å². The number of rotatable bonds is 4. The van der Waals surface area contributed by atoms with Crippen LogP contribution in [0.2, 0.25) is 0 Å². The number of aliphatic hydroxyl groups excluding tert-OH is 1. The second-order valence-corrected chi connectivity index (χ2v) is 6.61. The molecule has 1 N–H and O–H groups in total. The van der Waals surface area contributed by atoms with Gasteiger partial charge in [-0.3, -0.25) is 0 Å². The maximum atomic E-state index is 10.3. The molecule has 2 saturated carbocycles. The Morgan fingerprint density at radius 3 is 1.95 bits per heavy atom. The van der Waals surface area contributed by atoms with Crippen LogP contribution in [0.15, 0.2) is 0 Å². The van der Waals surface area contributed by atoms with Crippen molar-refractivity contribution in [3.63, 3.8) is 0 Å². The molecule has 2 aliphatic carbocycles. The fourth-order valence-electron chi connectivity index (χ4n) is 3.12. The summed E-state index contributed by atoms with van der Waals surface area (Å²) in [5, 5.41) is 10.3. The fourth-order valence-corrected chi connectivity index (χ4v) is 3.12. The van der Waals surface area contributed by atoms with E-state index in [4.69, 9.17) is 4.74 Å². The van der Waals surface area contributed by atoms with Gasteiger partial charge in [-0.05, 0) is 25.2 Å². The van der Waals surface area contributed by atoms with Gasteiger partial charge in [0, 0.05) is 6.61 Å². The summed E-state index contributed by atoms with van der Waals surface area (Å²) in [7, 11) is 0. The average molecular weight is 268 g/mol. The number of aliphatic hydroxyl groups is 1.